The zero-order valence-electron chi connectivity index (χ0n) is 11.7. The number of hydrogen-bond donors (Lipinski definition) is 1. The van der Waals surface area contributed by atoms with Crippen molar-refractivity contribution in [1.82, 2.24) is 9.88 Å². The van der Waals surface area contributed by atoms with Crippen LogP contribution in [0.15, 0.2) is 0 Å². The lowest BCUT2D eigenvalue weighted by molar-refractivity contribution is 0.226. The first-order valence-corrected chi connectivity index (χ1v) is 7.66. The highest BCUT2D eigenvalue weighted by molar-refractivity contribution is 7.12. The van der Waals surface area contributed by atoms with E-state index in [0.717, 1.165) is 11.4 Å². The fourth-order valence-corrected chi connectivity index (χ4v) is 4.62. The zero-order valence-corrected chi connectivity index (χ0v) is 12.5. The molecule has 0 aromatic carbocycles. The van der Waals surface area contributed by atoms with Crippen LogP contribution in [0.2, 0.25) is 0 Å². The summed E-state index contributed by atoms with van der Waals surface area (Å²) in [6.07, 6.45) is 3.74. The van der Waals surface area contributed by atoms with E-state index in [9.17, 15) is 0 Å². The fourth-order valence-electron chi connectivity index (χ4n) is 3.09. The molecule has 0 spiro atoms. The number of fused-ring (bicyclic) bond motifs is 4. The van der Waals surface area contributed by atoms with Crippen LogP contribution in [0.3, 0.4) is 0 Å². The van der Waals surface area contributed by atoms with E-state index >= 15 is 0 Å². The molecule has 3 atom stereocenters. The predicted octanol–water partition coefficient (Wildman–Crippen LogP) is 2.88. The molecular formula is C14H23N3S. The van der Waals surface area contributed by atoms with E-state index in [1.807, 2.05) is 11.3 Å². The smallest absolute Gasteiger partial charge is 0.110 e. The third-order valence-corrected chi connectivity index (χ3v) is 5.80. The number of rotatable bonds is 1. The van der Waals surface area contributed by atoms with Crippen molar-refractivity contribution in [3.05, 3.63) is 15.6 Å². The van der Waals surface area contributed by atoms with Crippen LogP contribution in [-0.2, 0) is 6.42 Å². The Morgan fingerprint density at radius 2 is 2.11 bits per heavy atom. The normalized spacial score (nSPS) is 29.4. The number of likely N-dealkylation sites (N-methyl/N-ethyl adjacent to an activating group) is 1. The molecule has 3 rings (SSSR count). The van der Waals surface area contributed by atoms with Crippen LogP contribution in [0, 0.1) is 5.41 Å². The Labute approximate surface area is 113 Å². The van der Waals surface area contributed by atoms with Gasteiger partial charge in [0.05, 0.1) is 11.7 Å². The summed E-state index contributed by atoms with van der Waals surface area (Å²) in [5.74, 6) is 0. The molecule has 3 nitrogen and oxygen atoms in total. The molecule has 18 heavy (non-hydrogen) atoms. The van der Waals surface area contributed by atoms with Gasteiger partial charge in [-0.15, -0.1) is 11.3 Å². The molecular weight excluding hydrogens is 242 g/mol. The minimum absolute atomic E-state index is 0.0527. The van der Waals surface area contributed by atoms with Gasteiger partial charge in [0.2, 0.25) is 0 Å². The Morgan fingerprint density at radius 3 is 2.78 bits per heavy atom. The summed E-state index contributed by atoms with van der Waals surface area (Å²) < 4.78 is 0. The highest BCUT2D eigenvalue weighted by Gasteiger charge is 2.40. The highest BCUT2D eigenvalue weighted by atomic mass is 32.1. The first-order valence-electron chi connectivity index (χ1n) is 6.85. The highest BCUT2D eigenvalue weighted by Crippen LogP contribution is 2.46. The summed E-state index contributed by atoms with van der Waals surface area (Å²) >= 11 is 1.86. The minimum atomic E-state index is 0.0527. The molecule has 1 saturated heterocycles. The van der Waals surface area contributed by atoms with Gasteiger partial charge in [0.1, 0.15) is 5.01 Å². The molecule has 2 N–H and O–H groups in total. The van der Waals surface area contributed by atoms with Gasteiger partial charge < -0.3 is 5.73 Å². The van der Waals surface area contributed by atoms with Crippen molar-refractivity contribution in [2.24, 2.45) is 11.1 Å². The third-order valence-electron chi connectivity index (χ3n) is 4.52. The second-order valence-electron chi connectivity index (χ2n) is 6.82. The van der Waals surface area contributed by atoms with E-state index in [-0.39, 0.29) is 11.5 Å². The molecule has 0 aliphatic carbocycles. The molecule has 1 aromatic heterocycles. The van der Waals surface area contributed by atoms with Crippen LogP contribution >= 0.6 is 11.3 Å². The summed E-state index contributed by atoms with van der Waals surface area (Å²) in [4.78, 5) is 8.88. The lowest BCUT2D eigenvalue weighted by atomic mass is 9.88. The molecule has 1 fully saturated rings. The molecule has 2 bridgehead atoms. The van der Waals surface area contributed by atoms with Crippen molar-refractivity contribution in [3.63, 3.8) is 0 Å². The zero-order chi connectivity index (χ0) is 13.1. The maximum absolute atomic E-state index is 6.35. The number of hydrogen-bond acceptors (Lipinski definition) is 4. The first-order chi connectivity index (χ1) is 8.38. The molecule has 100 valence electrons. The third kappa shape index (κ3) is 1.82. The fraction of sp³-hybridized carbons (Fsp3) is 0.786. The van der Waals surface area contributed by atoms with Gasteiger partial charge >= 0.3 is 0 Å². The maximum atomic E-state index is 6.35. The van der Waals surface area contributed by atoms with Crippen molar-refractivity contribution >= 4 is 11.3 Å². The number of thiazole rings is 1. The second kappa shape index (κ2) is 4.02. The topological polar surface area (TPSA) is 42.1 Å². The number of nitrogens with zero attached hydrogens (tertiary/aromatic N) is 2. The van der Waals surface area contributed by atoms with Gasteiger partial charge in [-0.1, -0.05) is 20.8 Å². The Morgan fingerprint density at radius 1 is 1.39 bits per heavy atom. The van der Waals surface area contributed by atoms with Crippen LogP contribution in [-0.4, -0.2) is 23.0 Å². The van der Waals surface area contributed by atoms with E-state index in [1.165, 1.54) is 23.4 Å². The molecule has 1 aromatic rings. The molecule has 3 unspecified atom stereocenters. The molecule has 2 aliphatic rings. The van der Waals surface area contributed by atoms with Crippen LogP contribution in [0.4, 0.5) is 0 Å². The lowest BCUT2D eigenvalue weighted by Crippen LogP contribution is -2.33. The SMILES string of the molecule is CN1C2CCC1c1sc(C(N)C(C)(C)C)nc1C2. The summed E-state index contributed by atoms with van der Waals surface area (Å²) in [5, 5.41) is 1.13. The van der Waals surface area contributed by atoms with Gasteiger partial charge in [-0.25, -0.2) is 4.98 Å². The average molecular weight is 265 g/mol. The summed E-state index contributed by atoms with van der Waals surface area (Å²) in [6.45, 7) is 6.57. The van der Waals surface area contributed by atoms with Crippen molar-refractivity contribution < 1.29 is 0 Å². The monoisotopic (exact) mass is 265 g/mol. The quantitative estimate of drug-likeness (QED) is 0.849. The van der Waals surface area contributed by atoms with E-state index in [4.69, 9.17) is 10.7 Å². The van der Waals surface area contributed by atoms with E-state index in [0.29, 0.717) is 12.1 Å². The standard InChI is InChI=1S/C14H23N3S/c1-14(2,3)12(15)13-16-9-7-8-5-6-10(17(8)4)11(9)18-13/h8,10,12H,5-7,15H2,1-4H3. The second-order valence-corrected chi connectivity index (χ2v) is 7.89. The Balaban J connectivity index is 1.95. The van der Waals surface area contributed by atoms with Crippen LogP contribution in [0.25, 0.3) is 0 Å². The lowest BCUT2D eigenvalue weighted by Gasteiger charge is -2.29. The number of aromatic nitrogens is 1. The van der Waals surface area contributed by atoms with Crippen molar-refractivity contribution in [2.75, 3.05) is 7.05 Å². The van der Waals surface area contributed by atoms with E-state index < -0.39 is 0 Å². The van der Waals surface area contributed by atoms with Gasteiger partial charge in [-0.05, 0) is 25.3 Å². The molecule has 2 aliphatic heterocycles. The van der Waals surface area contributed by atoms with Crippen molar-refractivity contribution in [3.8, 4) is 0 Å². The van der Waals surface area contributed by atoms with Gasteiger partial charge in [-0.3, -0.25) is 4.90 Å². The van der Waals surface area contributed by atoms with Crippen LogP contribution in [0.1, 0.15) is 61.3 Å². The van der Waals surface area contributed by atoms with Crippen molar-refractivity contribution in [1.29, 1.82) is 0 Å². The number of nitrogens with two attached hydrogens (primary N) is 1. The van der Waals surface area contributed by atoms with Gasteiger partial charge in [-0.2, -0.15) is 0 Å². The van der Waals surface area contributed by atoms with E-state index in [2.05, 4.69) is 32.7 Å². The minimum Gasteiger partial charge on any atom is -0.322 e. The largest absolute Gasteiger partial charge is 0.322 e. The Hall–Kier alpha value is -0.450. The van der Waals surface area contributed by atoms with E-state index in [1.54, 1.807) is 0 Å². The molecule has 0 saturated carbocycles. The van der Waals surface area contributed by atoms with Crippen LogP contribution < -0.4 is 5.73 Å². The van der Waals surface area contributed by atoms with Gasteiger partial charge in [0.25, 0.3) is 0 Å². The molecule has 0 amide bonds. The summed E-state index contributed by atoms with van der Waals surface area (Å²) in [5.41, 5.74) is 7.77. The maximum Gasteiger partial charge on any atom is 0.110 e. The summed E-state index contributed by atoms with van der Waals surface area (Å²) in [7, 11) is 2.26. The molecule has 0 radical (unpaired) electrons. The average Bonchev–Trinajstić information content (AvgIpc) is 2.79. The Bertz CT molecular complexity index is 460. The van der Waals surface area contributed by atoms with Crippen molar-refractivity contribution in [2.45, 2.75) is 58.2 Å². The van der Waals surface area contributed by atoms with Gasteiger partial charge in [0, 0.05) is 23.4 Å². The molecule has 3 heterocycles. The molecule has 4 heteroatoms. The summed E-state index contributed by atoms with van der Waals surface area (Å²) in [6, 6.07) is 1.37. The van der Waals surface area contributed by atoms with Gasteiger partial charge in [0.15, 0.2) is 0 Å². The predicted molar refractivity (Wildman–Crippen MR) is 75.7 cm³/mol. The Kier molecular flexibility index (Phi) is 2.81. The first kappa shape index (κ1) is 12.6. The van der Waals surface area contributed by atoms with Crippen LogP contribution in [0.5, 0.6) is 0 Å².